The molecule has 0 aliphatic carbocycles. The molecule has 1 unspecified atom stereocenters. The highest BCUT2D eigenvalue weighted by Gasteiger charge is 2.14. The number of nitrogens with two attached hydrogens (primary N) is 2. The predicted octanol–water partition coefficient (Wildman–Crippen LogP) is 0.948. The lowest BCUT2D eigenvalue weighted by Crippen LogP contribution is -2.23. The van der Waals surface area contributed by atoms with Crippen LogP contribution in [0.15, 0.2) is 18.2 Å². The highest BCUT2D eigenvalue weighted by Crippen LogP contribution is 2.18. The smallest absolute Gasteiger partial charge is 0.336 e. The molecule has 1 atom stereocenters. The zero-order valence-corrected chi connectivity index (χ0v) is 9.56. The SMILES string of the molecule is NCC(N)c1ccc(I)cc1C(=O)O. The summed E-state index contributed by atoms with van der Waals surface area (Å²) >= 11 is 2.06. The Hall–Kier alpha value is -0.660. The van der Waals surface area contributed by atoms with Gasteiger partial charge in [-0.15, -0.1) is 0 Å². The summed E-state index contributed by atoms with van der Waals surface area (Å²) in [6.07, 6.45) is 0. The van der Waals surface area contributed by atoms with Crippen LogP contribution in [0, 0.1) is 3.57 Å². The van der Waals surface area contributed by atoms with Gasteiger partial charge in [-0.25, -0.2) is 4.79 Å². The van der Waals surface area contributed by atoms with E-state index in [2.05, 4.69) is 22.6 Å². The minimum Gasteiger partial charge on any atom is -0.478 e. The lowest BCUT2D eigenvalue weighted by molar-refractivity contribution is 0.0695. The van der Waals surface area contributed by atoms with Crippen molar-refractivity contribution in [2.45, 2.75) is 6.04 Å². The summed E-state index contributed by atoms with van der Waals surface area (Å²) in [5.41, 5.74) is 11.9. The van der Waals surface area contributed by atoms with E-state index in [0.717, 1.165) is 3.57 Å². The average molecular weight is 306 g/mol. The van der Waals surface area contributed by atoms with Crippen LogP contribution >= 0.6 is 22.6 Å². The summed E-state index contributed by atoms with van der Waals surface area (Å²) in [4.78, 5) is 10.9. The fourth-order valence-corrected chi connectivity index (χ4v) is 1.66. The molecule has 5 heteroatoms. The van der Waals surface area contributed by atoms with Crippen LogP contribution < -0.4 is 11.5 Å². The number of benzene rings is 1. The van der Waals surface area contributed by atoms with Crippen molar-refractivity contribution in [3.8, 4) is 0 Å². The second-order valence-corrected chi connectivity index (χ2v) is 4.12. The molecule has 14 heavy (non-hydrogen) atoms. The number of rotatable bonds is 3. The molecule has 0 radical (unpaired) electrons. The van der Waals surface area contributed by atoms with Gasteiger partial charge >= 0.3 is 5.97 Å². The first-order valence-corrected chi connectivity index (χ1v) is 5.12. The van der Waals surface area contributed by atoms with E-state index < -0.39 is 12.0 Å². The van der Waals surface area contributed by atoms with Gasteiger partial charge < -0.3 is 16.6 Å². The van der Waals surface area contributed by atoms with E-state index in [4.69, 9.17) is 16.6 Å². The van der Waals surface area contributed by atoms with Crippen molar-refractivity contribution in [2.75, 3.05) is 6.54 Å². The Labute approximate surface area is 95.4 Å². The highest BCUT2D eigenvalue weighted by atomic mass is 127. The Balaban J connectivity index is 3.21. The molecule has 0 spiro atoms. The summed E-state index contributed by atoms with van der Waals surface area (Å²) in [6.45, 7) is 0.237. The lowest BCUT2D eigenvalue weighted by atomic mass is 10.0. The Bertz CT molecular complexity index is 355. The maximum Gasteiger partial charge on any atom is 0.336 e. The molecule has 5 N–H and O–H groups in total. The number of carboxylic acid groups (broad SMARTS) is 1. The molecule has 76 valence electrons. The van der Waals surface area contributed by atoms with E-state index >= 15 is 0 Å². The van der Waals surface area contributed by atoms with Crippen LogP contribution in [0.25, 0.3) is 0 Å². The maximum atomic E-state index is 10.9. The van der Waals surface area contributed by atoms with Crippen LogP contribution in [0.4, 0.5) is 0 Å². The van der Waals surface area contributed by atoms with Gasteiger partial charge in [-0.3, -0.25) is 0 Å². The van der Waals surface area contributed by atoms with E-state index in [1.807, 2.05) is 6.07 Å². The monoisotopic (exact) mass is 306 g/mol. The molecule has 0 saturated heterocycles. The summed E-state index contributed by atoms with van der Waals surface area (Å²) in [7, 11) is 0. The van der Waals surface area contributed by atoms with Crippen LogP contribution in [-0.4, -0.2) is 17.6 Å². The number of hydrogen-bond donors (Lipinski definition) is 3. The molecule has 0 fully saturated rings. The number of hydrogen-bond acceptors (Lipinski definition) is 3. The van der Waals surface area contributed by atoms with Gasteiger partial charge in [0.05, 0.1) is 5.56 Å². The van der Waals surface area contributed by atoms with Crippen LogP contribution in [0.5, 0.6) is 0 Å². The fraction of sp³-hybridized carbons (Fsp3) is 0.222. The third-order valence-electron chi connectivity index (χ3n) is 1.90. The predicted molar refractivity (Wildman–Crippen MR) is 62.1 cm³/mol. The van der Waals surface area contributed by atoms with Gasteiger partial charge in [-0.1, -0.05) is 6.07 Å². The highest BCUT2D eigenvalue weighted by molar-refractivity contribution is 14.1. The Morgan fingerprint density at radius 2 is 2.21 bits per heavy atom. The van der Waals surface area contributed by atoms with Gasteiger partial charge in [0.25, 0.3) is 0 Å². The van der Waals surface area contributed by atoms with Crippen LogP contribution in [-0.2, 0) is 0 Å². The van der Waals surface area contributed by atoms with E-state index in [0.29, 0.717) is 5.56 Å². The van der Waals surface area contributed by atoms with Crippen molar-refractivity contribution in [2.24, 2.45) is 11.5 Å². The molecule has 0 bridgehead atoms. The molecule has 0 heterocycles. The molecular weight excluding hydrogens is 295 g/mol. The van der Waals surface area contributed by atoms with Crippen LogP contribution in [0.2, 0.25) is 0 Å². The number of halogens is 1. The quantitative estimate of drug-likeness (QED) is 0.725. The van der Waals surface area contributed by atoms with Crippen molar-refractivity contribution in [1.82, 2.24) is 0 Å². The van der Waals surface area contributed by atoms with Crippen molar-refractivity contribution in [1.29, 1.82) is 0 Å². The Morgan fingerprint density at radius 1 is 1.57 bits per heavy atom. The number of carbonyl (C=O) groups is 1. The topological polar surface area (TPSA) is 89.3 Å². The molecule has 0 aliphatic rings. The van der Waals surface area contributed by atoms with E-state index in [9.17, 15) is 4.79 Å². The van der Waals surface area contributed by atoms with Gasteiger partial charge in [0.2, 0.25) is 0 Å². The minimum atomic E-state index is -0.970. The van der Waals surface area contributed by atoms with Gasteiger partial charge in [-0.05, 0) is 40.3 Å². The summed E-state index contributed by atoms with van der Waals surface area (Å²) in [5, 5.41) is 8.93. The normalized spacial score (nSPS) is 12.5. The van der Waals surface area contributed by atoms with Crippen molar-refractivity contribution >= 4 is 28.6 Å². The third-order valence-corrected chi connectivity index (χ3v) is 2.57. The largest absolute Gasteiger partial charge is 0.478 e. The summed E-state index contributed by atoms with van der Waals surface area (Å²) in [5.74, 6) is -0.970. The second-order valence-electron chi connectivity index (χ2n) is 2.88. The Morgan fingerprint density at radius 3 is 2.71 bits per heavy atom. The minimum absolute atomic E-state index is 0.231. The first kappa shape index (κ1) is 11.4. The second kappa shape index (κ2) is 4.72. The van der Waals surface area contributed by atoms with Gasteiger partial charge in [0, 0.05) is 16.2 Å². The van der Waals surface area contributed by atoms with Crippen molar-refractivity contribution in [3.05, 3.63) is 32.9 Å². The van der Waals surface area contributed by atoms with E-state index in [-0.39, 0.29) is 12.1 Å². The van der Waals surface area contributed by atoms with Gasteiger partial charge in [0.15, 0.2) is 0 Å². The van der Waals surface area contributed by atoms with E-state index in [1.165, 1.54) is 0 Å². The molecule has 0 saturated carbocycles. The fourth-order valence-electron chi connectivity index (χ4n) is 1.16. The number of carboxylic acids is 1. The Kier molecular flexibility index (Phi) is 3.85. The zero-order valence-electron chi connectivity index (χ0n) is 7.40. The third kappa shape index (κ3) is 2.43. The lowest BCUT2D eigenvalue weighted by Gasteiger charge is -2.12. The maximum absolute atomic E-state index is 10.9. The summed E-state index contributed by atoms with van der Waals surface area (Å²) < 4.78 is 0.868. The molecule has 0 aromatic heterocycles. The van der Waals surface area contributed by atoms with Crippen LogP contribution in [0.3, 0.4) is 0 Å². The van der Waals surface area contributed by atoms with Crippen molar-refractivity contribution < 1.29 is 9.90 Å². The molecule has 0 amide bonds. The van der Waals surface area contributed by atoms with Crippen LogP contribution in [0.1, 0.15) is 22.0 Å². The van der Waals surface area contributed by atoms with Gasteiger partial charge in [-0.2, -0.15) is 0 Å². The molecule has 0 aliphatic heterocycles. The zero-order chi connectivity index (χ0) is 10.7. The summed E-state index contributed by atoms with van der Waals surface area (Å²) in [6, 6.07) is 4.70. The molecule has 4 nitrogen and oxygen atoms in total. The standard InChI is InChI=1S/C9H11IN2O2/c10-5-1-2-6(8(12)4-11)7(3-5)9(13)14/h1-3,8H,4,11-12H2,(H,13,14). The molecule has 1 aromatic carbocycles. The molecule has 1 aromatic rings. The van der Waals surface area contributed by atoms with E-state index in [1.54, 1.807) is 12.1 Å². The average Bonchev–Trinajstić information content (AvgIpc) is 2.16. The molecule has 1 rings (SSSR count). The van der Waals surface area contributed by atoms with Gasteiger partial charge in [0.1, 0.15) is 0 Å². The first-order valence-electron chi connectivity index (χ1n) is 4.04. The molecular formula is C9H11IN2O2. The van der Waals surface area contributed by atoms with Crippen molar-refractivity contribution in [3.63, 3.8) is 0 Å². The first-order chi connectivity index (χ1) is 6.56. The number of aromatic carboxylic acids is 1.